The highest BCUT2D eigenvalue weighted by molar-refractivity contribution is 5.16. The normalized spacial score (nSPS) is 21.8. The number of rotatable bonds is 5. The van der Waals surface area contributed by atoms with Crippen molar-refractivity contribution in [2.75, 3.05) is 6.54 Å². The molecule has 0 bridgehead atoms. The van der Waals surface area contributed by atoms with Crippen molar-refractivity contribution < 1.29 is 4.39 Å². The summed E-state index contributed by atoms with van der Waals surface area (Å²) in [6, 6.07) is 7.91. The minimum Gasteiger partial charge on any atom is -0.314 e. The second-order valence-corrected chi connectivity index (χ2v) is 5.29. The summed E-state index contributed by atoms with van der Waals surface area (Å²) >= 11 is 0. The Morgan fingerprint density at radius 3 is 3.06 bits per heavy atom. The zero-order chi connectivity index (χ0) is 12.8. The van der Waals surface area contributed by atoms with E-state index >= 15 is 0 Å². The first-order valence-corrected chi connectivity index (χ1v) is 6.95. The van der Waals surface area contributed by atoms with Gasteiger partial charge in [0.25, 0.3) is 0 Å². The quantitative estimate of drug-likeness (QED) is 0.839. The van der Waals surface area contributed by atoms with Crippen LogP contribution in [0.1, 0.15) is 38.2 Å². The van der Waals surface area contributed by atoms with Gasteiger partial charge in [0.1, 0.15) is 5.82 Å². The summed E-state index contributed by atoms with van der Waals surface area (Å²) in [6.45, 7) is 4.10. The number of halogens is 1. The molecule has 1 aliphatic heterocycles. The summed E-state index contributed by atoms with van der Waals surface area (Å²) in [4.78, 5) is 0. The van der Waals surface area contributed by atoms with Crippen LogP contribution in [0.15, 0.2) is 24.3 Å². The van der Waals surface area contributed by atoms with Gasteiger partial charge in [0, 0.05) is 18.6 Å². The minimum atomic E-state index is -0.157. The molecular formula is C15H23FN2. The number of hydrogen-bond acceptors (Lipinski definition) is 2. The molecule has 1 fully saturated rings. The van der Waals surface area contributed by atoms with E-state index in [0.29, 0.717) is 12.1 Å². The third kappa shape index (κ3) is 4.39. The van der Waals surface area contributed by atoms with E-state index in [1.54, 1.807) is 12.1 Å². The maximum Gasteiger partial charge on any atom is 0.123 e. The highest BCUT2D eigenvalue weighted by Crippen LogP contribution is 2.12. The number of benzene rings is 1. The molecule has 0 aliphatic carbocycles. The predicted molar refractivity (Wildman–Crippen MR) is 73.0 cm³/mol. The molecule has 1 heterocycles. The predicted octanol–water partition coefficient (Wildman–Crippen LogP) is 2.84. The minimum absolute atomic E-state index is 0.157. The first-order valence-electron chi connectivity index (χ1n) is 6.95. The zero-order valence-electron chi connectivity index (χ0n) is 11.1. The van der Waals surface area contributed by atoms with Gasteiger partial charge in [-0.15, -0.1) is 0 Å². The van der Waals surface area contributed by atoms with Gasteiger partial charge < -0.3 is 10.6 Å². The Kier molecular flexibility index (Phi) is 5.14. The van der Waals surface area contributed by atoms with Crippen molar-refractivity contribution >= 4 is 0 Å². The molecule has 0 radical (unpaired) electrons. The summed E-state index contributed by atoms with van der Waals surface area (Å²) in [6.07, 6.45) is 5.08. The summed E-state index contributed by atoms with van der Waals surface area (Å²) in [7, 11) is 0. The zero-order valence-corrected chi connectivity index (χ0v) is 11.1. The smallest absolute Gasteiger partial charge is 0.123 e. The molecule has 0 saturated carbocycles. The maximum absolute atomic E-state index is 13.0. The van der Waals surface area contributed by atoms with Crippen LogP contribution in [-0.4, -0.2) is 18.6 Å². The van der Waals surface area contributed by atoms with E-state index in [1.807, 2.05) is 6.07 Å². The third-order valence-electron chi connectivity index (χ3n) is 3.59. The molecule has 0 aromatic heterocycles. The molecule has 0 spiro atoms. The molecule has 2 rings (SSSR count). The monoisotopic (exact) mass is 250 g/mol. The lowest BCUT2D eigenvalue weighted by Gasteiger charge is -2.26. The Balaban J connectivity index is 1.72. The van der Waals surface area contributed by atoms with Crippen molar-refractivity contribution in [2.45, 2.75) is 51.2 Å². The van der Waals surface area contributed by atoms with Crippen molar-refractivity contribution in [1.29, 1.82) is 0 Å². The van der Waals surface area contributed by atoms with Gasteiger partial charge in [-0.2, -0.15) is 0 Å². The van der Waals surface area contributed by atoms with E-state index in [-0.39, 0.29) is 5.82 Å². The van der Waals surface area contributed by atoms with Crippen LogP contribution >= 0.6 is 0 Å². The Labute approximate surface area is 109 Å². The molecule has 3 heteroatoms. The molecule has 1 saturated heterocycles. The fourth-order valence-corrected chi connectivity index (χ4v) is 2.57. The fraction of sp³-hybridized carbons (Fsp3) is 0.600. The third-order valence-corrected chi connectivity index (χ3v) is 3.59. The van der Waals surface area contributed by atoms with E-state index in [0.717, 1.165) is 25.1 Å². The van der Waals surface area contributed by atoms with Crippen LogP contribution in [0.3, 0.4) is 0 Å². The highest BCUT2D eigenvalue weighted by Gasteiger charge is 2.15. The Morgan fingerprint density at radius 2 is 2.33 bits per heavy atom. The van der Waals surface area contributed by atoms with Crippen LogP contribution in [0, 0.1) is 5.82 Å². The first kappa shape index (κ1) is 13.5. The lowest BCUT2D eigenvalue weighted by molar-refractivity contribution is 0.344. The average molecular weight is 250 g/mol. The van der Waals surface area contributed by atoms with E-state index in [1.165, 1.54) is 25.3 Å². The number of hydrogen-bond donors (Lipinski definition) is 2. The Hall–Kier alpha value is -0.930. The second-order valence-electron chi connectivity index (χ2n) is 5.29. The molecule has 1 aliphatic rings. The van der Waals surface area contributed by atoms with Gasteiger partial charge in [-0.1, -0.05) is 18.6 Å². The van der Waals surface area contributed by atoms with Crippen LogP contribution in [0.25, 0.3) is 0 Å². The van der Waals surface area contributed by atoms with E-state index < -0.39 is 0 Å². The van der Waals surface area contributed by atoms with Gasteiger partial charge >= 0.3 is 0 Å². The Bertz CT molecular complexity index is 361. The van der Waals surface area contributed by atoms with Crippen molar-refractivity contribution in [3.05, 3.63) is 35.6 Å². The molecule has 1 aromatic carbocycles. The van der Waals surface area contributed by atoms with Crippen molar-refractivity contribution in [3.63, 3.8) is 0 Å². The number of nitrogens with one attached hydrogen (secondary N) is 2. The van der Waals surface area contributed by atoms with Gasteiger partial charge in [0.05, 0.1) is 0 Å². The van der Waals surface area contributed by atoms with Crippen LogP contribution in [-0.2, 0) is 6.54 Å². The van der Waals surface area contributed by atoms with Gasteiger partial charge in [-0.25, -0.2) is 4.39 Å². The maximum atomic E-state index is 13.0. The van der Waals surface area contributed by atoms with Gasteiger partial charge in [0.15, 0.2) is 0 Å². The Morgan fingerprint density at radius 1 is 1.44 bits per heavy atom. The van der Waals surface area contributed by atoms with Crippen molar-refractivity contribution in [2.24, 2.45) is 0 Å². The largest absolute Gasteiger partial charge is 0.314 e. The van der Waals surface area contributed by atoms with Crippen molar-refractivity contribution in [3.8, 4) is 0 Å². The molecule has 18 heavy (non-hydrogen) atoms. The lowest BCUT2D eigenvalue weighted by atomic mass is 9.99. The molecule has 2 N–H and O–H groups in total. The average Bonchev–Trinajstić information content (AvgIpc) is 2.38. The lowest BCUT2D eigenvalue weighted by Crippen LogP contribution is -2.39. The first-order chi connectivity index (χ1) is 8.74. The molecule has 100 valence electrons. The molecule has 2 atom stereocenters. The molecule has 0 amide bonds. The van der Waals surface area contributed by atoms with Crippen LogP contribution in [0.4, 0.5) is 4.39 Å². The van der Waals surface area contributed by atoms with Crippen LogP contribution < -0.4 is 10.6 Å². The summed E-state index contributed by atoms with van der Waals surface area (Å²) in [5, 5.41) is 7.02. The van der Waals surface area contributed by atoms with E-state index in [9.17, 15) is 4.39 Å². The summed E-state index contributed by atoms with van der Waals surface area (Å²) in [5.74, 6) is -0.157. The molecule has 1 aromatic rings. The van der Waals surface area contributed by atoms with Crippen LogP contribution in [0.5, 0.6) is 0 Å². The second kappa shape index (κ2) is 6.86. The van der Waals surface area contributed by atoms with E-state index in [2.05, 4.69) is 17.6 Å². The van der Waals surface area contributed by atoms with E-state index in [4.69, 9.17) is 0 Å². The van der Waals surface area contributed by atoms with Gasteiger partial charge in [-0.05, 0) is 50.4 Å². The molecule has 2 nitrogen and oxygen atoms in total. The van der Waals surface area contributed by atoms with Crippen LogP contribution in [0.2, 0.25) is 0 Å². The summed E-state index contributed by atoms with van der Waals surface area (Å²) in [5.41, 5.74) is 1.01. The standard InChI is InChI=1S/C15H23FN2/c1-12(9-15-7-2-3-8-17-15)18-11-13-5-4-6-14(16)10-13/h4-6,10,12,15,17-18H,2-3,7-9,11H2,1H3. The van der Waals surface area contributed by atoms with Gasteiger partial charge in [-0.3, -0.25) is 0 Å². The summed E-state index contributed by atoms with van der Waals surface area (Å²) < 4.78 is 13.0. The van der Waals surface area contributed by atoms with Crippen molar-refractivity contribution in [1.82, 2.24) is 10.6 Å². The fourth-order valence-electron chi connectivity index (χ4n) is 2.57. The SMILES string of the molecule is CC(CC1CCCCN1)NCc1cccc(F)c1. The molecule has 2 unspecified atom stereocenters. The number of piperidine rings is 1. The van der Waals surface area contributed by atoms with Gasteiger partial charge in [0.2, 0.25) is 0 Å². The highest BCUT2D eigenvalue weighted by atomic mass is 19.1. The molecular weight excluding hydrogens is 227 g/mol. The topological polar surface area (TPSA) is 24.1 Å².